The van der Waals surface area contributed by atoms with Crippen molar-refractivity contribution in [1.82, 2.24) is 15.5 Å². The molecule has 1 unspecified atom stereocenters. The summed E-state index contributed by atoms with van der Waals surface area (Å²) in [5.41, 5.74) is -0.468. The van der Waals surface area contributed by atoms with E-state index in [1.807, 2.05) is 13.8 Å². The number of piperidine rings is 1. The molecule has 0 saturated carbocycles. The van der Waals surface area contributed by atoms with Crippen LogP contribution >= 0.6 is 0 Å². The number of carbonyl (C=O) groups excluding carboxylic acids is 2. The molecule has 0 aromatic heterocycles. The molecule has 0 bridgehead atoms. The van der Waals surface area contributed by atoms with Gasteiger partial charge in [0, 0.05) is 31.1 Å². The van der Waals surface area contributed by atoms with Crippen molar-refractivity contribution in [3.8, 4) is 0 Å². The highest BCUT2D eigenvalue weighted by molar-refractivity contribution is 5.87. The molecule has 2 rings (SSSR count). The SMILES string of the molecule is C=CC(=O)N1CCC(NC(=O)NCc2ccc(C(F)(F)F)cc2)C(C)(C)C1. The maximum atomic E-state index is 12.6. The van der Waals surface area contributed by atoms with E-state index >= 15 is 0 Å². The quantitative estimate of drug-likeness (QED) is 0.784. The van der Waals surface area contributed by atoms with E-state index in [-0.39, 0.29) is 23.9 Å². The number of benzene rings is 1. The number of nitrogens with zero attached hydrogens (tertiary/aromatic N) is 1. The molecule has 2 N–H and O–H groups in total. The molecule has 1 fully saturated rings. The Kier molecular flexibility index (Phi) is 6.18. The molecule has 148 valence electrons. The van der Waals surface area contributed by atoms with Crippen LogP contribution < -0.4 is 10.6 Å². The lowest BCUT2D eigenvalue weighted by molar-refractivity contribution is -0.137. The van der Waals surface area contributed by atoms with Crippen LogP contribution in [0.3, 0.4) is 0 Å². The highest BCUT2D eigenvalue weighted by Crippen LogP contribution is 2.30. The average molecular weight is 383 g/mol. The van der Waals surface area contributed by atoms with Gasteiger partial charge in [-0.1, -0.05) is 32.6 Å². The lowest BCUT2D eigenvalue weighted by Crippen LogP contribution is -2.58. The molecule has 1 aliphatic heterocycles. The smallest absolute Gasteiger partial charge is 0.338 e. The largest absolute Gasteiger partial charge is 0.416 e. The van der Waals surface area contributed by atoms with Crippen LogP contribution in [0.2, 0.25) is 0 Å². The number of hydrogen-bond acceptors (Lipinski definition) is 2. The number of carbonyl (C=O) groups is 2. The van der Waals surface area contributed by atoms with E-state index in [0.29, 0.717) is 25.1 Å². The van der Waals surface area contributed by atoms with Crippen molar-refractivity contribution in [2.45, 2.75) is 39.0 Å². The molecule has 1 saturated heterocycles. The number of amides is 3. The number of nitrogens with one attached hydrogen (secondary N) is 2. The highest BCUT2D eigenvalue weighted by atomic mass is 19.4. The van der Waals surface area contributed by atoms with Gasteiger partial charge in [-0.3, -0.25) is 4.79 Å². The van der Waals surface area contributed by atoms with Gasteiger partial charge in [-0.25, -0.2) is 4.79 Å². The molecule has 1 aliphatic rings. The predicted molar refractivity (Wildman–Crippen MR) is 95.8 cm³/mol. The summed E-state index contributed by atoms with van der Waals surface area (Å²) in [5, 5.41) is 5.56. The van der Waals surface area contributed by atoms with E-state index in [2.05, 4.69) is 17.2 Å². The van der Waals surface area contributed by atoms with E-state index in [1.165, 1.54) is 18.2 Å². The first-order valence-electron chi connectivity index (χ1n) is 8.65. The molecule has 0 radical (unpaired) electrons. The Bertz CT molecular complexity index is 699. The number of rotatable bonds is 4. The van der Waals surface area contributed by atoms with Crippen LogP contribution in [0.1, 0.15) is 31.4 Å². The van der Waals surface area contributed by atoms with Crippen LogP contribution in [0.5, 0.6) is 0 Å². The lowest BCUT2D eigenvalue weighted by Gasteiger charge is -2.44. The average Bonchev–Trinajstić information content (AvgIpc) is 2.60. The number of alkyl halides is 3. The maximum Gasteiger partial charge on any atom is 0.416 e. The van der Waals surface area contributed by atoms with E-state index in [1.54, 1.807) is 4.90 Å². The van der Waals surface area contributed by atoms with Crippen LogP contribution in [0.25, 0.3) is 0 Å². The van der Waals surface area contributed by atoms with Crippen LogP contribution in [-0.4, -0.2) is 36.0 Å². The summed E-state index contributed by atoms with van der Waals surface area (Å²) in [7, 11) is 0. The van der Waals surface area contributed by atoms with Crippen molar-refractivity contribution >= 4 is 11.9 Å². The number of hydrogen-bond donors (Lipinski definition) is 2. The van der Waals surface area contributed by atoms with Crippen LogP contribution in [0.15, 0.2) is 36.9 Å². The van der Waals surface area contributed by atoms with E-state index in [0.717, 1.165) is 12.1 Å². The second kappa shape index (κ2) is 8.02. The summed E-state index contributed by atoms with van der Waals surface area (Å²) in [6.07, 6.45) is -2.49. The Morgan fingerprint density at radius 3 is 2.44 bits per heavy atom. The monoisotopic (exact) mass is 383 g/mol. The third-order valence-electron chi connectivity index (χ3n) is 4.76. The number of urea groups is 1. The van der Waals surface area contributed by atoms with Gasteiger partial charge in [0.25, 0.3) is 0 Å². The van der Waals surface area contributed by atoms with Gasteiger partial charge >= 0.3 is 12.2 Å². The van der Waals surface area contributed by atoms with E-state index < -0.39 is 17.8 Å². The van der Waals surface area contributed by atoms with Crippen molar-refractivity contribution in [2.24, 2.45) is 5.41 Å². The Labute approximate surface area is 156 Å². The Balaban J connectivity index is 1.87. The summed E-state index contributed by atoms with van der Waals surface area (Å²) in [6.45, 7) is 8.58. The second-order valence-electron chi connectivity index (χ2n) is 7.32. The van der Waals surface area contributed by atoms with Crippen molar-refractivity contribution < 1.29 is 22.8 Å². The topological polar surface area (TPSA) is 61.4 Å². The number of likely N-dealkylation sites (tertiary alicyclic amines) is 1. The van der Waals surface area contributed by atoms with E-state index in [4.69, 9.17) is 0 Å². The third-order valence-corrected chi connectivity index (χ3v) is 4.76. The predicted octanol–water partition coefficient (Wildman–Crippen LogP) is 3.32. The summed E-state index contributed by atoms with van der Waals surface area (Å²) in [6, 6.07) is 4.14. The molecule has 5 nitrogen and oxygen atoms in total. The Hall–Kier alpha value is -2.51. The molecule has 3 amide bonds. The zero-order valence-electron chi connectivity index (χ0n) is 15.4. The third kappa shape index (κ3) is 5.48. The van der Waals surface area contributed by atoms with Gasteiger partial charge < -0.3 is 15.5 Å². The molecule has 0 spiro atoms. The Morgan fingerprint density at radius 2 is 1.93 bits per heavy atom. The van der Waals surface area contributed by atoms with Crippen molar-refractivity contribution in [1.29, 1.82) is 0 Å². The van der Waals surface area contributed by atoms with Crippen LogP contribution in [0.4, 0.5) is 18.0 Å². The molecular formula is C19H24F3N3O2. The van der Waals surface area contributed by atoms with Gasteiger partial charge in [0.1, 0.15) is 0 Å². The summed E-state index contributed by atoms with van der Waals surface area (Å²) < 4.78 is 37.7. The molecular weight excluding hydrogens is 359 g/mol. The van der Waals surface area contributed by atoms with Gasteiger partial charge in [0.05, 0.1) is 5.56 Å². The molecule has 1 atom stereocenters. The van der Waals surface area contributed by atoms with Crippen molar-refractivity contribution in [3.63, 3.8) is 0 Å². The normalized spacial score (nSPS) is 19.3. The van der Waals surface area contributed by atoms with Crippen molar-refractivity contribution in [2.75, 3.05) is 13.1 Å². The van der Waals surface area contributed by atoms with Gasteiger partial charge in [0.2, 0.25) is 5.91 Å². The first-order valence-corrected chi connectivity index (χ1v) is 8.65. The van der Waals surface area contributed by atoms with Gasteiger partial charge in [-0.2, -0.15) is 13.2 Å². The fourth-order valence-corrected chi connectivity index (χ4v) is 3.14. The van der Waals surface area contributed by atoms with E-state index in [9.17, 15) is 22.8 Å². The summed E-state index contributed by atoms with van der Waals surface area (Å²) in [5.74, 6) is -0.131. The Morgan fingerprint density at radius 1 is 1.30 bits per heavy atom. The van der Waals surface area contributed by atoms with Gasteiger partial charge in [-0.05, 0) is 30.2 Å². The minimum atomic E-state index is -4.38. The van der Waals surface area contributed by atoms with Crippen LogP contribution in [0, 0.1) is 5.41 Å². The fourth-order valence-electron chi connectivity index (χ4n) is 3.14. The second-order valence-corrected chi connectivity index (χ2v) is 7.32. The van der Waals surface area contributed by atoms with Crippen LogP contribution in [-0.2, 0) is 17.5 Å². The molecule has 8 heteroatoms. The molecule has 1 aromatic carbocycles. The number of halogens is 3. The zero-order valence-corrected chi connectivity index (χ0v) is 15.4. The summed E-state index contributed by atoms with van der Waals surface area (Å²) >= 11 is 0. The van der Waals surface area contributed by atoms with Gasteiger partial charge in [-0.15, -0.1) is 0 Å². The first kappa shape index (κ1) is 20.8. The summed E-state index contributed by atoms with van der Waals surface area (Å²) in [4.78, 5) is 25.6. The fraction of sp³-hybridized carbons (Fsp3) is 0.474. The molecule has 1 heterocycles. The highest BCUT2D eigenvalue weighted by Gasteiger charge is 2.37. The van der Waals surface area contributed by atoms with Crippen molar-refractivity contribution in [3.05, 3.63) is 48.0 Å². The zero-order chi connectivity index (χ0) is 20.2. The molecule has 1 aromatic rings. The minimum absolute atomic E-state index is 0.123. The van der Waals surface area contributed by atoms with Gasteiger partial charge in [0.15, 0.2) is 0 Å². The molecule has 0 aliphatic carbocycles. The first-order chi connectivity index (χ1) is 12.5. The standard InChI is InChI=1S/C19H24F3N3O2/c1-4-16(26)25-10-9-15(18(2,3)12-25)24-17(27)23-11-13-5-7-14(8-6-13)19(20,21)22/h4-8,15H,1,9-12H2,2-3H3,(H2,23,24,27). The lowest BCUT2D eigenvalue weighted by atomic mass is 9.79. The maximum absolute atomic E-state index is 12.6. The molecule has 27 heavy (non-hydrogen) atoms. The minimum Gasteiger partial charge on any atom is -0.338 e.